The van der Waals surface area contributed by atoms with Gasteiger partial charge in [0.25, 0.3) is 0 Å². The van der Waals surface area contributed by atoms with Crippen molar-refractivity contribution in [3.63, 3.8) is 0 Å². The lowest BCUT2D eigenvalue weighted by atomic mass is 10.0. The number of nitrogens with zero attached hydrogens (tertiary/aromatic N) is 2. The summed E-state index contributed by atoms with van der Waals surface area (Å²) < 4.78 is 5.77. The summed E-state index contributed by atoms with van der Waals surface area (Å²) in [6.07, 6.45) is 15.3. The van der Waals surface area contributed by atoms with Gasteiger partial charge in [0.2, 0.25) is 5.88 Å². The zero-order valence-corrected chi connectivity index (χ0v) is 15.9. The van der Waals surface area contributed by atoms with Crippen LogP contribution in [0.4, 0.5) is 0 Å². The fourth-order valence-corrected chi connectivity index (χ4v) is 4.10. The molecule has 1 saturated heterocycles. The maximum Gasteiger partial charge on any atom is 0.213 e. The lowest BCUT2D eigenvalue weighted by molar-refractivity contribution is 0.162. The summed E-state index contributed by atoms with van der Waals surface area (Å²) in [4.78, 5) is 6.82. The average Bonchev–Trinajstić information content (AvgIpc) is 3.45. The van der Waals surface area contributed by atoms with Crippen LogP contribution in [0.1, 0.15) is 37.7 Å². The van der Waals surface area contributed by atoms with Gasteiger partial charge in [0.15, 0.2) is 0 Å². The van der Waals surface area contributed by atoms with Crippen molar-refractivity contribution in [3.8, 4) is 5.88 Å². The van der Waals surface area contributed by atoms with Gasteiger partial charge >= 0.3 is 0 Å². The Hall–Kier alpha value is -1.65. The van der Waals surface area contributed by atoms with Crippen molar-refractivity contribution in [2.24, 2.45) is 5.92 Å². The van der Waals surface area contributed by atoms with Gasteiger partial charge in [-0.1, -0.05) is 24.3 Å². The summed E-state index contributed by atoms with van der Waals surface area (Å²) in [5, 5.41) is 3.91. The summed E-state index contributed by atoms with van der Waals surface area (Å²) in [5.74, 6) is 1.51. The molecule has 1 unspecified atom stereocenters. The molecule has 2 aliphatic carbocycles. The average molecular weight is 354 g/mol. The number of aryl methyl sites for hydroxylation is 1. The topological polar surface area (TPSA) is 37.4 Å². The highest BCUT2D eigenvalue weighted by Gasteiger charge is 2.40. The first-order valence-corrected chi connectivity index (χ1v) is 10.2. The van der Waals surface area contributed by atoms with Crippen molar-refractivity contribution in [2.45, 2.75) is 51.1 Å². The van der Waals surface area contributed by atoms with Crippen LogP contribution in [0.25, 0.3) is 0 Å². The number of piperidine rings is 1. The van der Waals surface area contributed by atoms with E-state index in [-0.39, 0.29) is 0 Å². The fraction of sp³-hybridized carbons (Fsp3) is 0.591. The van der Waals surface area contributed by atoms with E-state index in [2.05, 4.69) is 33.4 Å². The van der Waals surface area contributed by atoms with Crippen molar-refractivity contribution in [1.29, 1.82) is 0 Å². The molecule has 0 aromatic carbocycles. The third-order valence-electron chi connectivity index (χ3n) is 5.82. The standard InChI is InChI=1S/C22H31N3O/c1-17-7-8-22(23-16-17)26-14-13-25-11-9-19(10-12-25)24-21-15-20(21)18-5-3-2-4-6-18/h3,5-8,16,19-21,24H,2,4,9-15H2,1H3/t20?,21-/m1/s1. The van der Waals surface area contributed by atoms with Gasteiger partial charge < -0.3 is 10.1 Å². The molecule has 2 atom stereocenters. The van der Waals surface area contributed by atoms with Gasteiger partial charge in [-0.15, -0.1) is 0 Å². The second-order valence-electron chi connectivity index (χ2n) is 7.94. The van der Waals surface area contributed by atoms with Crippen LogP contribution in [0, 0.1) is 12.8 Å². The molecule has 1 aromatic rings. The van der Waals surface area contributed by atoms with E-state index in [9.17, 15) is 0 Å². The second kappa shape index (κ2) is 8.36. The molecule has 1 aromatic heterocycles. The lowest BCUT2D eigenvalue weighted by Gasteiger charge is -2.32. The normalized spacial score (nSPS) is 26.6. The quantitative estimate of drug-likeness (QED) is 0.814. The van der Waals surface area contributed by atoms with Crippen molar-refractivity contribution in [3.05, 3.63) is 47.7 Å². The maximum absolute atomic E-state index is 5.77. The highest BCUT2D eigenvalue weighted by molar-refractivity contribution is 5.31. The molecule has 1 N–H and O–H groups in total. The predicted molar refractivity (Wildman–Crippen MR) is 105 cm³/mol. The van der Waals surface area contributed by atoms with E-state index in [1.54, 1.807) is 5.57 Å². The van der Waals surface area contributed by atoms with Crippen LogP contribution in [-0.4, -0.2) is 48.2 Å². The van der Waals surface area contributed by atoms with Crippen molar-refractivity contribution < 1.29 is 4.74 Å². The molecule has 3 aliphatic rings. The van der Waals surface area contributed by atoms with Crippen LogP contribution in [0.2, 0.25) is 0 Å². The van der Waals surface area contributed by atoms with E-state index < -0.39 is 0 Å². The number of hydrogen-bond donors (Lipinski definition) is 1. The molecule has 4 heteroatoms. The first-order chi connectivity index (χ1) is 12.8. The van der Waals surface area contributed by atoms with Crippen LogP contribution >= 0.6 is 0 Å². The van der Waals surface area contributed by atoms with Gasteiger partial charge in [0.1, 0.15) is 6.61 Å². The smallest absolute Gasteiger partial charge is 0.213 e. The van der Waals surface area contributed by atoms with Crippen molar-refractivity contribution in [1.82, 2.24) is 15.2 Å². The third-order valence-corrected chi connectivity index (χ3v) is 5.82. The Morgan fingerprint density at radius 2 is 2.12 bits per heavy atom. The number of hydrogen-bond acceptors (Lipinski definition) is 4. The first-order valence-electron chi connectivity index (χ1n) is 10.2. The van der Waals surface area contributed by atoms with E-state index in [4.69, 9.17) is 4.74 Å². The molecule has 1 saturated carbocycles. The minimum Gasteiger partial charge on any atom is -0.476 e. The van der Waals surface area contributed by atoms with Gasteiger partial charge in [-0.05, 0) is 63.3 Å². The first kappa shape index (κ1) is 17.7. The molecular formula is C22H31N3O. The van der Waals surface area contributed by atoms with E-state index in [0.717, 1.165) is 31.0 Å². The second-order valence-corrected chi connectivity index (χ2v) is 7.94. The van der Waals surface area contributed by atoms with Crippen LogP contribution in [0.3, 0.4) is 0 Å². The number of aromatic nitrogens is 1. The van der Waals surface area contributed by atoms with Crippen molar-refractivity contribution in [2.75, 3.05) is 26.2 Å². The highest BCUT2D eigenvalue weighted by Crippen LogP contribution is 2.40. The zero-order chi connectivity index (χ0) is 17.8. The highest BCUT2D eigenvalue weighted by atomic mass is 16.5. The number of pyridine rings is 1. The summed E-state index contributed by atoms with van der Waals surface area (Å²) in [5.41, 5.74) is 2.74. The maximum atomic E-state index is 5.77. The minimum absolute atomic E-state index is 0.689. The number of rotatable bonds is 7. The Balaban J connectivity index is 1.12. The van der Waals surface area contributed by atoms with E-state index >= 15 is 0 Å². The molecule has 0 amide bonds. The summed E-state index contributed by atoms with van der Waals surface area (Å²) in [6.45, 7) is 6.09. The molecule has 4 nitrogen and oxygen atoms in total. The van der Waals surface area contributed by atoms with Gasteiger partial charge in [0, 0.05) is 36.8 Å². The Bertz CT molecular complexity index is 644. The molecule has 0 radical (unpaired) electrons. The molecule has 140 valence electrons. The molecule has 1 aliphatic heterocycles. The summed E-state index contributed by atoms with van der Waals surface area (Å²) in [7, 11) is 0. The molecule has 0 spiro atoms. The largest absolute Gasteiger partial charge is 0.476 e. The monoisotopic (exact) mass is 353 g/mol. The Morgan fingerprint density at radius 1 is 1.23 bits per heavy atom. The molecule has 26 heavy (non-hydrogen) atoms. The predicted octanol–water partition coefficient (Wildman–Crippen LogP) is 3.49. The van der Waals surface area contributed by atoms with Crippen LogP contribution in [0.5, 0.6) is 5.88 Å². The fourth-order valence-electron chi connectivity index (χ4n) is 4.10. The van der Waals surface area contributed by atoms with Gasteiger partial charge in [-0.25, -0.2) is 4.98 Å². The number of nitrogens with one attached hydrogen (secondary N) is 1. The van der Waals surface area contributed by atoms with Gasteiger partial charge in [0.05, 0.1) is 0 Å². The van der Waals surface area contributed by atoms with Crippen molar-refractivity contribution >= 4 is 0 Å². The van der Waals surface area contributed by atoms with Gasteiger partial charge in [-0.2, -0.15) is 0 Å². The lowest BCUT2D eigenvalue weighted by Crippen LogP contribution is -2.44. The van der Waals surface area contributed by atoms with E-state index in [1.165, 1.54) is 50.8 Å². The summed E-state index contributed by atoms with van der Waals surface area (Å²) in [6, 6.07) is 5.41. The van der Waals surface area contributed by atoms with Gasteiger partial charge in [-0.3, -0.25) is 4.90 Å². The Labute approximate surface area is 157 Å². The summed E-state index contributed by atoms with van der Waals surface area (Å²) >= 11 is 0. The molecule has 2 fully saturated rings. The number of likely N-dealkylation sites (tertiary alicyclic amines) is 1. The molecule has 0 bridgehead atoms. The Morgan fingerprint density at radius 3 is 2.85 bits per heavy atom. The molecule has 2 heterocycles. The van der Waals surface area contributed by atoms with E-state index in [0.29, 0.717) is 6.04 Å². The Kier molecular flexibility index (Phi) is 5.71. The number of ether oxygens (including phenoxy) is 1. The van der Waals surface area contributed by atoms with Crippen LogP contribution < -0.4 is 10.1 Å². The molecular weight excluding hydrogens is 322 g/mol. The third kappa shape index (κ3) is 4.74. The van der Waals surface area contributed by atoms with Crippen LogP contribution in [0.15, 0.2) is 42.1 Å². The zero-order valence-electron chi connectivity index (χ0n) is 15.9. The minimum atomic E-state index is 0.689. The molecule has 4 rings (SSSR count). The number of allylic oxidation sites excluding steroid dienone is 3. The van der Waals surface area contributed by atoms with E-state index in [1.807, 2.05) is 25.3 Å². The van der Waals surface area contributed by atoms with Crippen LogP contribution in [-0.2, 0) is 0 Å². The SMILES string of the molecule is Cc1ccc(OCCN2CCC(N[C@@H]3CC3C3=CCCC=C3)CC2)nc1.